The van der Waals surface area contributed by atoms with Crippen LogP contribution >= 0.6 is 0 Å². The molecule has 0 aliphatic heterocycles. The highest BCUT2D eigenvalue weighted by Crippen LogP contribution is 2.18. The van der Waals surface area contributed by atoms with Crippen molar-refractivity contribution in [2.45, 2.75) is 39.2 Å². The lowest BCUT2D eigenvalue weighted by Crippen LogP contribution is -2.23. The van der Waals surface area contributed by atoms with Crippen molar-refractivity contribution in [3.8, 4) is 5.75 Å². The van der Waals surface area contributed by atoms with Gasteiger partial charge in [-0.2, -0.15) is 0 Å². The zero-order valence-electron chi connectivity index (χ0n) is 9.61. The van der Waals surface area contributed by atoms with Crippen LogP contribution in [0.1, 0.15) is 32.3 Å². The van der Waals surface area contributed by atoms with Gasteiger partial charge in [-0.05, 0) is 36.8 Å². The lowest BCUT2D eigenvalue weighted by Gasteiger charge is -2.13. The van der Waals surface area contributed by atoms with Crippen molar-refractivity contribution in [2.75, 3.05) is 0 Å². The van der Waals surface area contributed by atoms with Gasteiger partial charge in [0, 0.05) is 6.04 Å². The Balaban J connectivity index is 2.44. The average Bonchev–Trinajstić information content (AvgIpc) is 2.18. The van der Waals surface area contributed by atoms with Crippen LogP contribution in [-0.2, 0) is 6.42 Å². The van der Waals surface area contributed by atoms with Crippen molar-refractivity contribution in [3.63, 3.8) is 0 Å². The molecule has 0 amide bonds. The van der Waals surface area contributed by atoms with Gasteiger partial charge in [0.25, 0.3) is 0 Å². The maximum atomic E-state index is 9.58. The van der Waals surface area contributed by atoms with Gasteiger partial charge in [0.05, 0.1) is 0 Å². The van der Waals surface area contributed by atoms with Crippen molar-refractivity contribution in [3.05, 3.63) is 29.8 Å². The summed E-state index contributed by atoms with van der Waals surface area (Å²) >= 11 is 0. The largest absolute Gasteiger partial charge is 0.508 e. The summed E-state index contributed by atoms with van der Waals surface area (Å²) in [6, 6.07) is 7.57. The first-order chi connectivity index (χ1) is 7.09. The Bertz CT molecular complexity index is 296. The van der Waals surface area contributed by atoms with Crippen molar-refractivity contribution in [2.24, 2.45) is 11.7 Å². The Labute approximate surface area is 92.1 Å². The molecule has 1 rings (SSSR count). The summed E-state index contributed by atoms with van der Waals surface area (Å²) in [6.45, 7) is 4.40. The molecule has 1 aromatic rings. The summed E-state index contributed by atoms with van der Waals surface area (Å²) < 4.78 is 0. The second-order valence-corrected chi connectivity index (χ2v) is 4.56. The summed E-state index contributed by atoms with van der Waals surface area (Å²) in [6.07, 6.45) is 2.93. The molecule has 0 aliphatic rings. The minimum absolute atomic E-state index is 0.153. The quantitative estimate of drug-likeness (QED) is 0.779. The monoisotopic (exact) mass is 207 g/mol. The summed E-state index contributed by atoms with van der Waals surface area (Å²) in [5.74, 6) is 1.05. The van der Waals surface area contributed by atoms with Crippen LogP contribution < -0.4 is 5.73 Å². The average molecular weight is 207 g/mol. The molecule has 15 heavy (non-hydrogen) atoms. The molecule has 0 aliphatic carbocycles. The molecule has 1 atom stereocenters. The van der Waals surface area contributed by atoms with E-state index in [-0.39, 0.29) is 6.04 Å². The van der Waals surface area contributed by atoms with Crippen LogP contribution in [0.15, 0.2) is 24.3 Å². The molecule has 0 saturated carbocycles. The molecular weight excluding hydrogens is 186 g/mol. The Morgan fingerprint density at radius 2 is 1.87 bits per heavy atom. The van der Waals surface area contributed by atoms with Gasteiger partial charge < -0.3 is 10.8 Å². The number of hydrogen-bond donors (Lipinski definition) is 2. The molecule has 0 bridgehead atoms. The third-order valence-electron chi connectivity index (χ3n) is 2.59. The normalized spacial score (nSPS) is 13.1. The van der Waals surface area contributed by atoms with Crippen LogP contribution in [0, 0.1) is 5.92 Å². The van der Waals surface area contributed by atoms with Gasteiger partial charge in [-0.15, -0.1) is 0 Å². The number of para-hydroxylation sites is 1. The first-order valence-corrected chi connectivity index (χ1v) is 5.62. The zero-order chi connectivity index (χ0) is 11.3. The number of benzene rings is 1. The van der Waals surface area contributed by atoms with E-state index < -0.39 is 0 Å². The van der Waals surface area contributed by atoms with Crippen molar-refractivity contribution >= 4 is 0 Å². The molecule has 0 radical (unpaired) electrons. The third kappa shape index (κ3) is 4.34. The van der Waals surface area contributed by atoms with Gasteiger partial charge in [-0.25, -0.2) is 0 Å². The smallest absolute Gasteiger partial charge is 0.118 e. The van der Waals surface area contributed by atoms with Crippen LogP contribution in [0.5, 0.6) is 5.75 Å². The van der Waals surface area contributed by atoms with Gasteiger partial charge in [0.15, 0.2) is 0 Å². The molecule has 0 saturated heterocycles. The predicted molar refractivity (Wildman–Crippen MR) is 63.9 cm³/mol. The summed E-state index contributed by atoms with van der Waals surface area (Å²) in [5.41, 5.74) is 6.96. The van der Waals surface area contributed by atoms with E-state index in [1.54, 1.807) is 6.07 Å². The first-order valence-electron chi connectivity index (χ1n) is 5.62. The lowest BCUT2D eigenvalue weighted by molar-refractivity contribution is 0.455. The predicted octanol–water partition coefficient (Wildman–Crippen LogP) is 2.70. The van der Waals surface area contributed by atoms with E-state index in [1.807, 2.05) is 18.2 Å². The maximum absolute atomic E-state index is 9.58. The third-order valence-corrected chi connectivity index (χ3v) is 2.59. The maximum Gasteiger partial charge on any atom is 0.118 e. The Kier molecular flexibility index (Phi) is 4.63. The zero-order valence-corrected chi connectivity index (χ0v) is 9.61. The van der Waals surface area contributed by atoms with Crippen LogP contribution in [-0.4, -0.2) is 11.1 Å². The molecule has 0 aromatic heterocycles. The fourth-order valence-electron chi connectivity index (χ4n) is 1.62. The molecule has 84 valence electrons. The minimum Gasteiger partial charge on any atom is -0.508 e. The summed E-state index contributed by atoms with van der Waals surface area (Å²) in [7, 11) is 0. The fraction of sp³-hybridized carbons (Fsp3) is 0.538. The molecule has 1 unspecified atom stereocenters. The fourth-order valence-corrected chi connectivity index (χ4v) is 1.62. The van der Waals surface area contributed by atoms with E-state index in [0.29, 0.717) is 11.7 Å². The number of rotatable bonds is 5. The van der Waals surface area contributed by atoms with Gasteiger partial charge in [-0.3, -0.25) is 0 Å². The van der Waals surface area contributed by atoms with E-state index in [1.165, 1.54) is 0 Å². The van der Waals surface area contributed by atoms with Crippen molar-refractivity contribution < 1.29 is 5.11 Å². The Morgan fingerprint density at radius 3 is 2.47 bits per heavy atom. The minimum atomic E-state index is 0.153. The van der Waals surface area contributed by atoms with Crippen molar-refractivity contribution in [1.29, 1.82) is 0 Å². The molecule has 3 N–H and O–H groups in total. The Hall–Kier alpha value is -1.02. The van der Waals surface area contributed by atoms with Gasteiger partial charge in [0.1, 0.15) is 5.75 Å². The van der Waals surface area contributed by atoms with Gasteiger partial charge in [0.2, 0.25) is 0 Å². The highest BCUT2D eigenvalue weighted by molar-refractivity contribution is 5.32. The van der Waals surface area contributed by atoms with Gasteiger partial charge >= 0.3 is 0 Å². The Morgan fingerprint density at radius 1 is 1.20 bits per heavy atom. The first kappa shape index (κ1) is 12.1. The van der Waals surface area contributed by atoms with Gasteiger partial charge in [-0.1, -0.05) is 32.0 Å². The number of phenols is 1. The number of hydrogen-bond acceptors (Lipinski definition) is 2. The summed E-state index contributed by atoms with van der Waals surface area (Å²) in [4.78, 5) is 0. The van der Waals surface area contributed by atoms with Crippen LogP contribution in [0.2, 0.25) is 0 Å². The van der Waals surface area contributed by atoms with Crippen molar-refractivity contribution in [1.82, 2.24) is 0 Å². The molecule has 0 fully saturated rings. The molecule has 0 spiro atoms. The highest BCUT2D eigenvalue weighted by Gasteiger charge is 2.07. The number of phenolic OH excluding ortho intramolecular Hbond substituents is 1. The van der Waals surface area contributed by atoms with E-state index in [9.17, 15) is 5.11 Å². The molecule has 2 nitrogen and oxygen atoms in total. The lowest BCUT2D eigenvalue weighted by atomic mass is 9.98. The molecule has 2 heteroatoms. The number of nitrogens with two attached hydrogens (primary N) is 1. The van der Waals surface area contributed by atoms with E-state index >= 15 is 0 Å². The topological polar surface area (TPSA) is 46.2 Å². The standard InChI is InChI=1S/C13H21NO/c1-10(2)7-8-12(14)9-11-5-3-4-6-13(11)15/h3-6,10,12,15H,7-9,14H2,1-2H3. The van der Waals surface area contributed by atoms with E-state index in [4.69, 9.17) is 5.73 Å². The van der Waals surface area contributed by atoms with E-state index in [0.717, 1.165) is 24.8 Å². The SMILES string of the molecule is CC(C)CCC(N)Cc1ccccc1O. The van der Waals surface area contributed by atoms with Crippen LogP contribution in [0.3, 0.4) is 0 Å². The second-order valence-electron chi connectivity index (χ2n) is 4.56. The second kappa shape index (κ2) is 5.76. The summed E-state index contributed by atoms with van der Waals surface area (Å²) in [5, 5.41) is 9.58. The van der Waals surface area contributed by atoms with Crippen LogP contribution in [0.25, 0.3) is 0 Å². The molecule has 0 heterocycles. The molecule has 1 aromatic carbocycles. The van der Waals surface area contributed by atoms with Crippen LogP contribution in [0.4, 0.5) is 0 Å². The number of aromatic hydroxyl groups is 1. The van der Waals surface area contributed by atoms with E-state index in [2.05, 4.69) is 13.8 Å². The molecular formula is C13H21NO. The highest BCUT2D eigenvalue weighted by atomic mass is 16.3.